The van der Waals surface area contributed by atoms with Crippen LogP contribution in [0.4, 0.5) is 29.2 Å². The average molecular weight is 451 g/mol. The Kier molecular flexibility index (Phi) is 7.00. The van der Waals surface area contributed by atoms with Crippen molar-refractivity contribution in [2.45, 2.75) is 33.1 Å². The monoisotopic (exact) mass is 450 g/mol. The van der Waals surface area contributed by atoms with Crippen LogP contribution >= 0.6 is 0 Å². The van der Waals surface area contributed by atoms with E-state index < -0.39 is 0 Å². The van der Waals surface area contributed by atoms with E-state index >= 15 is 0 Å². The van der Waals surface area contributed by atoms with Crippen LogP contribution in [-0.2, 0) is 0 Å². The van der Waals surface area contributed by atoms with Crippen molar-refractivity contribution in [3.05, 3.63) is 64.7 Å². The second-order valence-corrected chi connectivity index (χ2v) is 8.26. The van der Waals surface area contributed by atoms with Gasteiger partial charge < -0.3 is 15.5 Å². The van der Waals surface area contributed by atoms with Gasteiger partial charge in [0, 0.05) is 30.5 Å². The molecular formula is C26H26N8. The smallest absolute Gasteiger partial charge is 0.233 e. The van der Waals surface area contributed by atoms with Crippen LogP contribution in [0.25, 0.3) is 6.08 Å². The molecular weight excluding hydrogens is 424 g/mol. The average Bonchev–Trinajstić information content (AvgIpc) is 2.86. The Morgan fingerprint density at radius 2 is 1.53 bits per heavy atom. The summed E-state index contributed by atoms with van der Waals surface area (Å²) in [6, 6.07) is 15.4. The van der Waals surface area contributed by atoms with E-state index in [0.29, 0.717) is 23.4 Å². The highest BCUT2D eigenvalue weighted by Gasteiger charge is 2.17. The van der Waals surface area contributed by atoms with Crippen LogP contribution in [0, 0.1) is 36.5 Å². The summed E-state index contributed by atoms with van der Waals surface area (Å²) in [6.45, 7) is 5.86. The van der Waals surface area contributed by atoms with Crippen molar-refractivity contribution in [1.82, 2.24) is 15.0 Å². The van der Waals surface area contributed by atoms with Crippen LogP contribution < -0.4 is 15.5 Å². The van der Waals surface area contributed by atoms with Crippen LogP contribution in [-0.4, -0.2) is 28.0 Å². The van der Waals surface area contributed by atoms with Gasteiger partial charge >= 0.3 is 0 Å². The molecule has 0 atom stereocenters. The summed E-state index contributed by atoms with van der Waals surface area (Å²) in [7, 11) is 0. The number of rotatable bonds is 6. The molecule has 2 aromatic carbocycles. The Morgan fingerprint density at radius 3 is 2.15 bits per heavy atom. The van der Waals surface area contributed by atoms with Gasteiger partial charge in [0.05, 0.1) is 17.7 Å². The molecule has 0 bridgehead atoms. The van der Waals surface area contributed by atoms with Gasteiger partial charge in [0.1, 0.15) is 0 Å². The van der Waals surface area contributed by atoms with Gasteiger partial charge in [-0.1, -0.05) is 0 Å². The van der Waals surface area contributed by atoms with E-state index in [4.69, 9.17) is 15.5 Å². The summed E-state index contributed by atoms with van der Waals surface area (Å²) in [5, 5.41) is 24.5. The molecule has 1 aromatic heterocycles. The second-order valence-electron chi connectivity index (χ2n) is 8.26. The predicted octanol–water partition coefficient (Wildman–Crippen LogP) is 5.37. The number of nitrogens with one attached hydrogen (secondary N) is 2. The predicted molar refractivity (Wildman–Crippen MR) is 134 cm³/mol. The van der Waals surface area contributed by atoms with Gasteiger partial charge in [-0.3, -0.25) is 0 Å². The molecule has 0 radical (unpaired) electrons. The maximum absolute atomic E-state index is 9.04. The topological polar surface area (TPSA) is 114 Å². The molecule has 3 aromatic rings. The van der Waals surface area contributed by atoms with E-state index in [1.165, 1.54) is 12.5 Å². The molecule has 170 valence electrons. The first kappa shape index (κ1) is 22.8. The molecule has 1 aliphatic heterocycles. The fourth-order valence-corrected chi connectivity index (χ4v) is 4.00. The third-order valence-corrected chi connectivity index (χ3v) is 5.67. The van der Waals surface area contributed by atoms with Gasteiger partial charge in [0.15, 0.2) is 0 Å². The number of anilines is 5. The summed E-state index contributed by atoms with van der Waals surface area (Å²) >= 11 is 0. The first-order chi connectivity index (χ1) is 16.6. The zero-order chi connectivity index (χ0) is 23.9. The van der Waals surface area contributed by atoms with Crippen molar-refractivity contribution >= 4 is 35.3 Å². The van der Waals surface area contributed by atoms with E-state index in [1.54, 1.807) is 18.2 Å². The molecule has 34 heavy (non-hydrogen) atoms. The van der Waals surface area contributed by atoms with Crippen molar-refractivity contribution in [2.24, 2.45) is 0 Å². The number of nitrogens with zero attached hydrogens (tertiary/aromatic N) is 6. The highest BCUT2D eigenvalue weighted by atomic mass is 15.3. The lowest BCUT2D eigenvalue weighted by Gasteiger charge is -2.27. The van der Waals surface area contributed by atoms with E-state index in [0.717, 1.165) is 54.0 Å². The minimum absolute atomic E-state index is 0.437. The molecule has 0 saturated carbocycles. The molecule has 0 spiro atoms. The zero-order valence-electron chi connectivity index (χ0n) is 19.3. The van der Waals surface area contributed by atoms with Crippen LogP contribution in [0.3, 0.4) is 0 Å². The second kappa shape index (κ2) is 10.5. The van der Waals surface area contributed by atoms with Crippen molar-refractivity contribution in [3.63, 3.8) is 0 Å². The van der Waals surface area contributed by atoms with Crippen LogP contribution in [0.2, 0.25) is 0 Å². The summed E-state index contributed by atoms with van der Waals surface area (Å²) < 4.78 is 0. The van der Waals surface area contributed by atoms with Gasteiger partial charge in [-0.05, 0) is 92.3 Å². The van der Waals surface area contributed by atoms with Gasteiger partial charge in [0.2, 0.25) is 17.8 Å². The lowest BCUT2D eigenvalue weighted by atomic mass is 10.0. The standard InChI is InChI=1S/C26H26N8/c1-18-15-21(7-6-12-27)16-19(2)23(18)30-25-31-24(29-22-10-8-20(17-28)9-11-22)32-26(33-25)34-13-4-3-5-14-34/h6-11,15-16H,3-5,13-14H2,1-2H3,(H2,29,30,31,32,33)/b7-6-. The fraction of sp³-hybridized carbons (Fsp3) is 0.269. The third kappa shape index (κ3) is 5.48. The summed E-state index contributed by atoms with van der Waals surface area (Å²) in [4.78, 5) is 16.2. The maximum atomic E-state index is 9.04. The molecule has 1 saturated heterocycles. The molecule has 4 rings (SSSR count). The van der Waals surface area contributed by atoms with Gasteiger partial charge in [-0.15, -0.1) is 0 Å². The Hall–Kier alpha value is -4.43. The Balaban J connectivity index is 1.67. The normalized spacial score (nSPS) is 13.4. The van der Waals surface area contributed by atoms with Gasteiger partial charge in [0.25, 0.3) is 0 Å². The number of aromatic nitrogens is 3. The minimum Gasteiger partial charge on any atom is -0.341 e. The minimum atomic E-state index is 0.437. The van der Waals surface area contributed by atoms with Crippen LogP contribution in [0.1, 0.15) is 41.5 Å². The molecule has 8 nitrogen and oxygen atoms in total. The Morgan fingerprint density at radius 1 is 0.882 bits per heavy atom. The molecule has 0 amide bonds. The number of piperidine rings is 1. The van der Waals surface area contributed by atoms with Gasteiger partial charge in [-0.2, -0.15) is 25.5 Å². The first-order valence-electron chi connectivity index (χ1n) is 11.3. The van der Waals surface area contributed by atoms with Crippen molar-refractivity contribution in [3.8, 4) is 12.1 Å². The summed E-state index contributed by atoms with van der Waals surface area (Å²) in [5.74, 6) is 1.53. The van der Waals surface area contributed by atoms with Crippen LogP contribution in [0.15, 0.2) is 42.5 Å². The third-order valence-electron chi connectivity index (χ3n) is 5.67. The maximum Gasteiger partial charge on any atom is 0.233 e. The van der Waals surface area contributed by atoms with Gasteiger partial charge in [-0.25, -0.2) is 0 Å². The first-order valence-corrected chi connectivity index (χ1v) is 11.3. The fourth-order valence-electron chi connectivity index (χ4n) is 4.00. The highest BCUT2D eigenvalue weighted by Crippen LogP contribution is 2.27. The molecule has 1 fully saturated rings. The quantitative estimate of drug-likeness (QED) is 0.482. The van der Waals surface area contributed by atoms with Crippen molar-refractivity contribution < 1.29 is 0 Å². The number of benzene rings is 2. The number of hydrogen-bond donors (Lipinski definition) is 2. The summed E-state index contributed by atoms with van der Waals surface area (Å²) in [6.07, 6.45) is 6.71. The molecule has 2 heterocycles. The van der Waals surface area contributed by atoms with E-state index in [-0.39, 0.29) is 0 Å². The molecule has 8 heteroatoms. The Bertz CT molecular complexity index is 1250. The summed E-state index contributed by atoms with van der Waals surface area (Å²) in [5.41, 5.74) is 5.33. The van der Waals surface area contributed by atoms with Crippen LogP contribution in [0.5, 0.6) is 0 Å². The van der Waals surface area contributed by atoms with E-state index in [9.17, 15) is 0 Å². The van der Waals surface area contributed by atoms with Crippen molar-refractivity contribution in [2.75, 3.05) is 28.6 Å². The molecule has 0 aliphatic carbocycles. The van der Waals surface area contributed by atoms with Crippen molar-refractivity contribution in [1.29, 1.82) is 10.5 Å². The SMILES string of the molecule is Cc1cc(/C=C\C#N)cc(C)c1Nc1nc(Nc2ccc(C#N)cc2)nc(N2CCCCC2)n1. The lowest BCUT2D eigenvalue weighted by Crippen LogP contribution is -2.31. The molecule has 1 aliphatic rings. The Labute approximate surface area is 199 Å². The van der Waals surface area contributed by atoms with E-state index in [2.05, 4.69) is 31.6 Å². The lowest BCUT2D eigenvalue weighted by molar-refractivity contribution is 0.568. The number of nitriles is 2. The largest absolute Gasteiger partial charge is 0.341 e. The number of hydrogen-bond acceptors (Lipinski definition) is 8. The molecule has 0 unspecified atom stereocenters. The molecule has 2 N–H and O–H groups in total. The highest BCUT2D eigenvalue weighted by molar-refractivity contribution is 5.69. The van der Waals surface area contributed by atoms with E-state index in [1.807, 2.05) is 44.2 Å². The number of aryl methyl sites for hydroxylation is 2. The number of allylic oxidation sites excluding steroid dienone is 1. The zero-order valence-corrected chi connectivity index (χ0v) is 19.3.